The SMILES string of the molecule is [NH]CCCCCC1CCC(C(=O)O)CC1. The van der Waals surface area contributed by atoms with Crippen molar-refractivity contribution in [3.05, 3.63) is 0 Å². The minimum atomic E-state index is -0.609. The Balaban J connectivity index is 2.07. The molecule has 1 aliphatic carbocycles. The Morgan fingerprint density at radius 3 is 2.33 bits per heavy atom. The van der Waals surface area contributed by atoms with Crippen LogP contribution in [0.25, 0.3) is 0 Å². The summed E-state index contributed by atoms with van der Waals surface area (Å²) in [5, 5.41) is 8.85. The van der Waals surface area contributed by atoms with Gasteiger partial charge in [0.1, 0.15) is 0 Å². The molecule has 1 aliphatic rings. The van der Waals surface area contributed by atoms with Crippen LogP contribution in [-0.4, -0.2) is 17.6 Å². The van der Waals surface area contributed by atoms with E-state index in [1.54, 1.807) is 0 Å². The first-order chi connectivity index (χ1) is 7.24. The maximum Gasteiger partial charge on any atom is 0.306 e. The van der Waals surface area contributed by atoms with E-state index >= 15 is 0 Å². The second kappa shape index (κ2) is 6.83. The molecule has 0 saturated heterocycles. The third-order valence-corrected chi connectivity index (χ3v) is 3.49. The Kier molecular flexibility index (Phi) is 5.69. The molecule has 87 valence electrons. The van der Waals surface area contributed by atoms with Gasteiger partial charge in [0.15, 0.2) is 0 Å². The average Bonchev–Trinajstić information content (AvgIpc) is 2.25. The normalized spacial score (nSPS) is 26.5. The lowest BCUT2D eigenvalue weighted by atomic mass is 9.80. The van der Waals surface area contributed by atoms with Gasteiger partial charge in [-0.1, -0.05) is 19.3 Å². The van der Waals surface area contributed by atoms with Gasteiger partial charge < -0.3 is 5.11 Å². The molecule has 0 bridgehead atoms. The van der Waals surface area contributed by atoms with Crippen LogP contribution in [0.15, 0.2) is 0 Å². The van der Waals surface area contributed by atoms with E-state index in [9.17, 15) is 4.79 Å². The van der Waals surface area contributed by atoms with Crippen molar-refractivity contribution in [2.24, 2.45) is 11.8 Å². The topological polar surface area (TPSA) is 61.1 Å². The molecular formula is C12H22NO2. The zero-order valence-electron chi connectivity index (χ0n) is 9.37. The molecule has 0 amide bonds. The van der Waals surface area contributed by atoms with Crippen LogP contribution in [0.2, 0.25) is 0 Å². The number of hydrogen-bond acceptors (Lipinski definition) is 1. The van der Waals surface area contributed by atoms with Crippen LogP contribution in [0.4, 0.5) is 0 Å². The first-order valence-electron chi connectivity index (χ1n) is 6.11. The molecule has 0 aromatic heterocycles. The van der Waals surface area contributed by atoms with Crippen molar-refractivity contribution in [2.45, 2.75) is 51.4 Å². The largest absolute Gasteiger partial charge is 0.481 e. The zero-order chi connectivity index (χ0) is 11.1. The highest BCUT2D eigenvalue weighted by molar-refractivity contribution is 5.69. The summed E-state index contributed by atoms with van der Waals surface area (Å²) in [5.74, 6) is 0.0727. The number of hydrogen-bond donors (Lipinski definition) is 1. The third-order valence-electron chi connectivity index (χ3n) is 3.49. The van der Waals surface area contributed by atoms with Gasteiger partial charge in [0.25, 0.3) is 0 Å². The van der Waals surface area contributed by atoms with Gasteiger partial charge in [-0.3, -0.25) is 10.5 Å². The number of carboxylic acid groups (broad SMARTS) is 1. The summed E-state index contributed by atoms with van der Waals surface area (Å²) in [6.07, 6.45) is 8.59. The predicted molar refractivity (Wildman–Crippen MR) is 59.5 cm³/mol. The van der Waals surface area contributed by atoms with Crippen LogP contribution in [0.3, 0.4) is 0 Å². The first kappa shape index (κ1) is 12.5. The van der Waals surface area contributed by atoms with E-state index in [2.05, 4.69) is 0 Å². The second-order valence-electron chi connectivity index (χ2n) is 4.66. The summed E-state index contributed by atoms with van der Waals surface area (Å²) < 4.78 is 0. The summed E-state index contributed by atoms with van der Waals surface area (Å²) in [7, 11) is 0. The minimum absolute atomic E-state index is 0.0745. The second-order valence-corrected chi connectivity index (χ2v) is 4.66. The molecule has 15 heavy (non-hydrogen) atoms. The smallest absolute Gasteiger partial charge is 0.306 e. The van der Waals surface area contributed by atoms with E-state index in [0.29, 0.717) is 6.54 Å². The summed E-state index contributed by atoms with van der Waals surface area (Å²) in [5.41, 5.74) is 7.03. The lowest BCUT2D eigenvalue weighted by molar-refractivity contribution is -0.143. The van der Waals surface area contributed by atoms with Crippen LogP contribution >= 0.6 is 0 Å². The van der Waals surface area contributed by atoms with Gasteiger partial charge in [-0.25, -0.2) is 0 Å². The standard InChI is InChI=1S/C12H22NO2/c13-9-3-1-2-4-10-5-7-11(8-6-10)12(14)15/h10-11,13H,1-9H2,(H,14,15). The van der Waals surface area contributed by atoms with Crippen molar-refractivity contribution < 1.29 is 9.90 Å². The number of rotatable bonds is 6. The molecule has 0 spiro atoms. The quantitative estimate of drug-likeness (QED) is 0.688. The molecule has 0 heterocycles. The van der Waals surface area contributed by atoms with Gasteiger partial charge in [0, 0.05) is 6.54 Å². The van der Waals surface area contributed by atoms with Crippen molar-refractivity contribution in [2.75, 3.05) is 6.54 Å². The van der Waals surface area contributed by atoms with E-state index in [1.165, 1.54) is 19.3 Å². The molecular weight excluding hydrogens is 190 g/mol. The van der Waals surface area contributed by atoms with Gasteiger partial charge in [0.05, 0.1) is 5.92 Å². The van der Waals surface area contributed by atoms with Gasteiger partial charge in [-0.2, -0.15) is 0 Å². The molecule has 0 unspecified atom stereocenters. The number of carbonyl (C=O) groups is 1. The Hall–Kier alpha value is -0.570. The minimum Gasteiger partial charge on any atom is -0.481 e. The first-order valence-corrected chi connectivity index (χ1v) is 6.11. The lowest BCUT2D eigenvalue weighted by Crippen LogP contribution is -2.21. The molecule has 0 aromatic rings. The fourth-order valence-corrected chi connectivity index (χ4v) is 2.43. The summed E-state index contributed by atoms with van der Waals surface area (Å²) in [6, 6.07) is 0. The summed E-state index contributed by atoms with van der Waals surface area (Å²) >= 11 is 0. The average molecular weight is 212 g/mol. The van der Waals surface area contributed by atoms with Gasteiger partial charge in [0.2, 0.25) is 0 Å². The Bertz CT molecular complexity index is 186. The number of nitrogens with one attached hydrogen (secondary N) is 1. The van der Waals surface area contributed by atoms with Gasteiger partial charge >= 0.3 is 5.97 Å². The fraction of sp³-hybridized carbons (Fsp3) is 0.917. The van der Waals surface area contributed by atoms with Crippen molar-refractivity contribution in [3.8, 4) is 0 Å². The van der Waals surface area contributed by atoms with Crippen LogP contribution in [0, 0.1) is 11.8 Å². The highest BCUT2D eigenvalue weighted by Crippen LogP contribution is 2.31. The van der Waals surface area contributed by atoms with Gasteiger partial charge in [-0.05, 0) is 38.0 Å². The molecule has 1 fully saturated rings. The van der Waals surface area contributed by atoms with E-state index in [-0.39, 0.29) is 5.92 Å². The number of aliphatic carboxylic acids is 1. The molecule has 1 saturated carbocycles. The number of carboxylic acids is 1. The predicted octanol–water partition coefficient (Wildman–Crippen LogP) is 2.72. The highest BCUT2D eigenvalue weighted by atomic mass is 16.4. The van der Waals surface area contributed by atoms with E-state index in [0.717, 1.165) is 38.0 Å². The number of unbranched alkanes of at least 4 members (excludes halogenated alkanes) is 2. The molecule has 0 aromatic carbocycles. The van der Waals surface area contributed by atoms with Crippen molar-refractivity contribution in [1.29, 1.82) is 0 Å². The molecule has 0 aliphatic heterocycles. The molecule has 1 rings (SSSR count). The van der Waals surface area contributed by atoms with E-state index in [4.69, 9.17) is 10.8 Å². The maximum absolute atomic E-state index is 10.7. The Morgan fingerprint density at radius 1 is 1.13 bits per heavy atom. The van der Waals surface area contributed by atoms with Crippen molar-refractivity contribution in [3.63, 3.8) is 0 Å². The maximum atomic E-state index is 10.7. The van der Waals surface area contributed by atoms with Crippen LogP contribution in [-0.2, 0) is 4.79 Å². The molecule has 0 atom stereocenters. The van der Waals surface area contributed by atoms with E-state index in [1.807, 2.05) is 0 Å². The molecule has 3 nitrogen and oxygen atoms in total. The molecule has 1 radical (unpaired) electrons. The third kappa shape index (κ3) is 4.65. The monoisotopic (exact) mass is 212 g/mol. The van der Waals surface area contributed by atoms with Crippen LogP contribution in [0.1, 0.15) is 51.4 Å². The van der Waals surface area contributed by atoms with Crippen LogP contribution in [0.5, 0.6) is 0 Å². The zero-order valence-corrected chi connectivity index (χ0v) is 9.37. The highest BCUT2D eigenvalue weighted by Gasteiger charge is 2.25. The summed E-state index contributed by atoms with van der Waals surface area (Å²) in [6.45, 7) is 0.547. The summed E-state index contributed by atoms with van der Waals surface area (Å²) in [4.78, 5) is 10.7. The molecule has 2 N–H and O–H groups in total. The Labute approximate surface area is 92.0 Å². The lowest BCUT2D eigenvalue weighted by Gasteiger charge is -2.25. The van der Waals surface area contributed by atoms with E-state index < -0.39 is 5.97 Å². The van der Waals surface area contributed by atoms with Gasteiger partial charge in [-0.15, -0.1) is 0 Å². The van der Waals surface area contributed by atoms with Crippen molar-refractivity contribution in [1.82, 2.24) is 5.73 Å². The van der Waals surface area contributed by atoms with Crippen molar-refractivity contribution >= 4 is 5.97 Å². The Morgan fingerprint density at radius 2 is 1.80 bits per heavy atom. The fourth-order valence-electron chi connectivity index (χ4n) is 2.43. The van der Waals surface area contributed by atoms with Crippen LogP contribution < -0.4 is 5.73 Å². The molecule has 3 heteroatoms.